The van der Waals surface area contributed by atoms with Crippen molar-refractivity contribution in [2.75, 3.05) is 42.7 Å². The lowest BCUT2D eigenvalue weighted by Crippen LogP contribution is -1.99. The first kappa shape index (κ1) is 33.6. The SMILES string of the molecule is COc1cc(/C=C(\Cc2cccnc2)O[P+](=O)O/C(=C/c2cc(OC)c(OC)c(OC)c2)Cc2cccnc2)cc(OC)c1OC. The molecule has 0 atom stereocenters. The lowest BCUT2D eigenvalue weighted by Gasteiger charge is -2.13. The zero-order chi connectivity index (χ0) is 32.9. The van der Waals surface area contributed by atoms with E-state index in [0.717, 1.165) is 11.1 Å². The van der Waals surface area contributed by atoms with Crippen LogP contribution in [0, 0.1) is 0 Å². The molecule has 0 radical (unpaired) electrons. The van der Waals surface area contributed by atoms with E-state index in [0.29, 0.717) is 57.1 Å². The first-order valence-electron chi connectivity index (χ1n) is 14.0. The topological polar surface area (TPSA) is 117 Å². The van der Waals surface area contributed by atoms with Crippen LogP contribution in [0.5, 0.6) is 34.5 Å². The Morgan fingerprint density at radius 1 is 0.609 bits per heavy atom. The summed E-state index contributed by atoms with van der Waals surface area (Å²) in [5.41, 5.74) is 3.02. The summed E-state index contributed by atoms with van der Waals surface area (Å²) in [4.78, 5) is 8.39. The average Bonchev–Trinajstić information content (AvgIpc) is 3.07. The molecule has 0 N–H and O–H groups in total. The molecule has 2 heterocycles. The Morgan fingerprint density at radius 2 is 0.978 bits per heavy atom. The highest BCUT2D eigenvalue weighted by Gasteiger charge is 2.28. The molecular weight excluding hydrogens is 611 g/mol. The van der Waals surface area contributed by atoms with Crippen molar-refractivity contribution in [1.29, 1.82) is 0 Å². The van der Waals surface area contributed by atoms with Crippen LogP contribution in [0.3, 0.4) is 0 Å². The Labute approximate surface area is 269 Å². The van der Waals surface area contributed by atoms with Crippen LogP contribution < -0.4 is 28.4 Å². The summed E-state index contributed by atoms with van der Waals surface area (Å²) in [6.07, 6.45) is 10.8. The molecule has 0 aliphatic heterocycles. The fourth-order valence-electron chi connectivity index (χ4n) is 4.58. The highest BCUT2D eigenvalue weighted by molar-refractivity contribution is 7.33. The second-order valence-electron chi connectivity index (χ2n) is 9.62. The third kappa shape index (κ3) is 8.89. The predicted octanol–water partition coefficient (Wildman–Crippen LogP) is 7.09. The van der Waals surface area contributed by atoms with Crippen molar-refractivity contribution >= 4 is 20.4 Å². The largest absolute Gasteiger partial charge is 0.804 e. The molecular formula is C34H36N2O9P+. The van der Waals surface area contributed by atoms with Gasteiger partial charge < -0.3 is 28.4 Å². The molecule has 4 rings (SSSR count). The number of hydrogen-bond acceptors (Lipinski definition) is 11. The first-order chi connectivity index (χ1) is 22.4. The van der Waals surface area contributed by atoms with E-state index in [1.54, 1.807) is 61.2 Å². The lowest BCUT2D eigenvalue weighted by molar-refractivity contribution is 0.310. The van der Waals surface area contributed by atoms with E-state index < -0.39 is 8.25 Å². The van der Waals surface area contributed by atoms with E-state index in [2.05, 4.69) is 9.97 Å². The minimum Gasteiger partial charge on any atom is -0.493 e. The van der Waals surface area contributed by atoms with E-state index in [9.17, 15) is 4.57 Å². The number of ether oxygens (including phenoxy) is 6. The van der Waals surface area contributed by atoms with Gasteiger partial charge in [0.05, 0.1) is 42.7 Å². The van der Waals surface area contributed by atoms with Gasteiger partial charge in [0.15, 0.2) is 34.5 Å². The van der Waals surface area contributed by atoms with E-state index >= 15 is 0 Å². The van der Waals surface area contributed by atoms with Crippen LogP contribution in [0.4, 0.5) is 0 Å². The summed E-state index contributed by atoms with van der Waals surface area (Å²) >= 11 is 0. The van der Waals surface area contributed by atoms with Crippen LogP contribution in [0.15, 0.2) is 84.8 Å². The molecule has 4 aromatic rings. The number of methoxy groups -OCH3 is 6. The molecule has 0 unspecified atom stereocenters. The maximum atomic E-state index is 13.6. The molecule has 0 aliphatic carbocycles. The van der Waals surface area contributed by atoms with Gasteiger partial charge >= 0.3 is 8.25 Å². The van der Waals surface area contributed by atoms with Crippen LogP contribution in [-0.2, 0) is 26.5 Å². The zero-order valence-electron chi connectivity index (χ0n) is 26.5. The summed E-state index contributed by atoms with van der Waals surface area (Å²) < 4.78 is 58.5. The standard InChI is InChI=1S/C34H36N2O9P/c1-38-29-17-25(18-30(39-2)33(29)42-5)15-27(13-23-9-7-11-35-21-23)44-46(37)45-28(14-24-10-8-12-36-22-24)16-26-19-31(40-3)34(43-6)32(20-26)41-4/h7-12,15-22H,13-14H2,1-6H3/q+1/b27-15+,28-16+. The van der Waals surface area contributed by atoms with Crippen molar-refractivity contribution in [3.05, 3.63) is 107 Å². The normalized spacial score (nSPS) is 11.7. The number of benzene rings is 2. The third-order valence-corrected chi connectivity index (χ3v) is 7.38. The molecule has 11 nitrogen and oxygen atoms in total. The smallest absolute Gasteiger partial charge is 0.493 e. The molecule has 240 valence electrons. The van der Waals surface area contributed by atoms with Gasteiger partial charge in [0.25, 0.3) is 0 Å². The van der Waals surface area contributed by atoms with Crippen LogP contribution in [0.1, 0.15) is 22.3 Å². The Bertz CT molecular complexity index is 1510. The zero-order valence-corrected chi connectivity index (χ0v) is 27.4. The minimum absolute atomic E-state index is 0.281. The monoisotopic (exact) mass is 647 g/mol. The molecule has 46 heavy (non-hydrogen) atoms. The second-order valence-corrected chi connectivity index (χ2v) is 10.4. The highest BCUT2D eigenvalue weighted by Crippen LogP contribution is 2.41. The molecule has 0 saturated carbocycles. The van der Waals surface area contributed by atoms with E-state index in [4.69, 9.17) is 37.5 Å². The molecule has 2 aromatic carbocycles. The van der Waals surface area contributed by atoms with Gasteiger partial charge in [0.2, 0.25) is 11.5 Å². The lowest BCUT2D eigenvalue weighted by atomic mass is 10.1. The van der Waals surface area contributed by atoms with Crippen LogP contribution >= 0.6 is 8.25 Å². The van der Waals surface area contributed by atoms with Gasteiger partial charge in [-0.2, -0.15) is 0 Å². The van der Waals surface area contributed by atoms with Gasteiger partial charge in [-0.05, 0) is 70.8 Å². The Morgan fingerprint density at radius 3 is 1.26 bits per heavy atom. The van der Waals surface area contributed by atoms with Crippen molar-refractivity contribution in [1.82, 2.24) is 9.97 Å². The Balaban J connectivity index is 1.70. The van der Waals surface area contributed by atoms with Gasteiger partial charge in [-0.3, -0.25) is 9.97 Å². The summed E-state index contributed by atoms with van der Waals surface area (Å²) in [6.45, 7) is 0. The molecule has 0 fully saturated rings. The van der Waals surface area contributed by atoms with Crippen molar-refractivity contribution < 1.29 is 42.0 Å². The molecule has 0 amide bonds. The number of aromatic nitrogens is 2. The fourth-order valence-corrected chi connectivity index (χ4v) is 5.23. The molecule has 0 bridgehead atoms. The Hall–Kier alpha value is -5.28. The number of allylic oxidation sites excluding steroid dienone is 2. The molecule has 0 saturated heterocycles. The summed E-state index contributed by atoms with van der Waals surface area (Å²) in [5.74, 6) is 3.45. The number of hydrogen-bond donors (Lipinski definition) is 0. The van der Waals surface area contributed by atoms with Gasteiger partial charge in [-0.25, -0.2) is 9.05 Å². The van der Waals surface area contributed by atoms with Gasteiger partial charge in [0.1, 0.15) is 0 Å². The quantitative estimate of drug-likeness (QED) is 0.0917. The van der Waals surface area contributed by atoms with Gasteiger partial charge in [0, 0.05) is 42.2 Å². The van der Waals surface area contributed by atoms with Crippen LogP contribution in [0.2, 0.25) is 0 Å². The van der Waals surface area contributed by atoms with Crippen molar-refractivity contribution in [3.63, 3.8) is 0 Å². The average molecular weight is 648 g/mol. The maximum Gasteiger partial charge on any atom is 0.804 e. The number of pyridine rings is 2. The van der Waals surface area contributed by atoms with Crippen molar-refractivity contribution in [2.45, 2.75) is 12.8 Å². The molecule has 12 heteroatoms. The predicted molar refractivity (Wildman–Crippen MR) is 174 cm³/mol. The highest BCUT2D eigenvalue weighted by atomic mass is 31.1. The van der Waals surface area contributed by atoms with Crippen LogP contribution in [0.25, 0.3) is 12.2 Å². The third-order valence-electron chi connectivity index (χ3n) is 6.62. The maximum absolute atomic E-state index is 13.6. The minimum atomic E-state index is -2.71. The van der Waals surface area contributed by atoms with E-state index in [1.165, 1.54) is 42.7 Å². The van der Waals surface area contributed by atoms with Gasteiger partial charge in [-0.15, -0.1) is 0 Å². The van der Waals surface area contributed by atoms with E-state index in [-0.39, 0.29) is 12.8 Å². The van der Waals surface area contributed by atoms with Crippen LogP contribution in [-0.4, -0.2) is 52.6 Å². The number of rotatable bonds is 16. The molecule has 2 aromatic heterocycles. The fraction of sp³-hybridized carbons (Fsp3) is 0.235. The first-order valence-corrected chi connectivity index (χ1v) is 15.1. The Kier molecular flexibility index (Phi) is 12.2. The van der Waals surface area contributed by atoms with Crippen molar-refractivity contribution in [3.8, 4) is 34.5 Å². The summed E-state index contributed by atoms with van der Waals surface area (Å²) in [6, 6.07) is 14.5. The second kappa shape index (κ2) is 16.7. The summed E-state index contributed by atoms with van der Waals surface area (Å²) in [7, 11) is 6.49. The number of nitrogens with zero attached hydrogens (tertiary/aromatic N) is 2. The van der Waals surface area contributed by atoms with Gasteiger partial charge in [-0.1, -0.05) is 12.1 Å². The molecule has 0 spiro atoms. The molecule has 0 aliphatic rings. The van der Waals surface area contributed by atoms with E-state index in [1.807, 2.05) is 24.3 Å². The summed E-state index contributed by atoms with van der Waals surface area (Å²) in [5, 5.41) is 0. The van der Waals surface area contributed by atoms with Crippen molar-refractivity contribution in [2.24, 2.45) is 0 Å².